The molecule has 0 spiro atoms. The van der Waals surface area contributed by atoms with Gasteiger partial charge in [-0.3, -0.25) is 9.88 Å². The summed E-state index contributed by atoms with van der Waals surface area (Å²) in [4.78, 5) is 11.5. The zero-order valence-electron chi connectivity index (χ0n) is 14.6. The first kappa shape index (κ1) is 17.5. The highest BCUT2D eigenvalue weighted by atomic mass is 32.1. The van der Waals surface area contributed by atoms with E-state index in [1.54, 1.807) is 17.5 Å². The Hall–Kier alpha value is -1.34. The molecule has 1 N–H and O–H groups in total. The highest BCUT2D eigenvalue weighted by molar-refractivity contribution is 7.13. The normalized spacial score (nSPS) is 23.3. The zero-order valence-corrected chi connectivity index (χ0v) is 15.4. The number of ether oxygens (including phenoxy) is 1. The molecule has 1 aliphatic heterocycles. The molecule has 0 saturated carbocycles. The fourth-order valence-electron chi connectivity index (χ4n) is 3.11. The predicted octanol–water partition coefficient (Wildman–Crippen LogP) is 2.79. The van der Waals surface area contributed by atoms with E-state index >= 15 is 0 Å². The van der Waals surface area contributed by atoms with Crippen molar-refractivity contribution in [3.05, 3.63) is 35.5 Å². The number of nitrogens with zero attached hydrogens (tertiary/aromatic N) is 3. The molecular weight excluding hydrogens is 320 g/mol. The van der Waals surface area contributed by atoms with Gasteiger partial charge in [-0.25, -0.2) is 4.98 Å². The molecule has 0 aliphatic carbocycles. The number of morpholine rings is 1. The lowest BCUT2D eigenvalue weighted by Crippen LogP contribution is -2.51. The van der Waals surface area contributed by atoms with Crippen LogP contribution in [0.2, 0.25) is 0 Å². The summed E-state index contributed by atoms with van der Waals surface area (Å²) < 4.78 is 5.81. The van der Waals surface area contributed by atoms with Gasteiger partial charge in [-0.2, -0.15) is 0 Å². The van der Waals surface area contributed by atoms with Gasteiger partial charge in [0, 0.05) is 43.8 Å². The Morgan fingerprint density at radius 1 is 1.33 bits per heavy atom. The number of aromatic nitrogens is 2. The van der Waals surface area contributed by atoms with E-state index in [4.69, 9.17) is 4.74 Å². The van der Waals surface area contributed by atoms with Gasteiger partial charge in [0.2, 0.25) is 0 Å². The molecule has 2 aromatic heterocycles. The number of thiazole rings is 1. The Morgan fingerprint density at radius 3 is 2.83 bits per heavy atom. The topological polar surface area (TPSA) is 50.3 Å². The van der Waals surface area contributed by atoms with Crippen LogP contribution in [-0.4, -0.2) is 52.8 Å². The first-order chi connectivity index (χ1) is 11.6. The van der Waals surface area contributed by atoms with E-state index in [0.29, 0.717) is 18.2 Å². The molecule has 6 heteroatoms. The van der Waals surface area contributed by atoms with Crippen molar-refractivity contribution in [1.29, 1.82) is 0 Å². The van der Waals surface area contributed by atoms with Crippen molar-refractivity contribution in [2.45, 2.75) is 45.6 Å². The summed E-state index contributed by atoms with van der Waals surface area (Å²) in [6, 6.07) is 6.41. The minimum atomic E-state index is 0.315. The highest BCUT2D eigenvalue weighted by Gasteiger charge is 2.25. The largest absolute Gasteiger partial charge is 0.373 e. The molecule has 0 unspecified atom stereocenters. The van der Waals surface area contributed by atoms with Crippen LogP contribution in [0.4, 0.5) is 0 Å². The second-order valence-corrected chi connectivity index (χ2v) is 7.41. The lowest BCUT2D eigenvalue weighted by molar-refractivity contribution is -0.0781. The van der Waals surface area contributed by atoms with Crippen LogP contribution < -0.4 is 5.32 Å². The summed E-state index contributed by atoms with van der Waals surface area (Å²) in [5, 5.41) is 6.63. The van der Waals surface area contributed by atoms with E-state index in [0.717, 1.165) is 42.6 Å². The Balaban J connectivity index is 1.47. The van der Waals surface area contributed by atoms with E-state index in [9.17, 15) is 0 Å². The number of hydrogen-bond acceptors (Lipinski definition) is 6. The van der Waals surface area contributed by atoms with Gasteiger partial charge in [0.05, 0.1) is 23.6 Å². The molecule has 0 radical (unpaired) electrons. The lowest BCUT2D eigenvalue weighted by Gasteiger charge is -2.39. The lowest BCUT2D eigenvalue weighted by atomic mass is 10.1. The number of pyridine rings is 1. The second-order valence-electron chi connectivity index (χ2n) is 6.55. The van der Waals surface area contributed by atoms with Gasteiger partial charge >= 0.3 is 0 Å². The van der Waals surface area contributed by atoms with Crippen LogP contribution in [0.25, 0.3) is 10.7 Å². The quantitative estimate of drug-likeness (QED) is 0.872. The van der Waals surface area contributed by atoms with Crippen LogP contribution >= 0.6 is 11.3 Å². The fourth-order valence-corrected chi connectivity index (χ4v) is 3.91. The third-order valence-electron chi connectivity index (χ3n) is 4.25. The Morgan fingerprint density at radius 2 is 2.12 bits per heavy atom. The van der Waals surface area contributed by atoms with Gasteiger partial charge in [0.25, 0.3) is 0 Å². The molecule has 1 fully saturated rings. The molecule has 130 valence electrons. The van der Waals surface area contributed by atoms with E-state index in [1.165, 1.54) is 0 Å². The minimum absolute atomic E-state index is 0.315. The third-order valence-corrected chi connectivity index (χ3v) is 5.17. The highest BCUT2D eigenvalue weighted by Crippen LogP contribution is 2.21. The molecule has 1 aliphatic rings. The molecule has 0 amide bonds. The van der Waals surface area contributed by atoms with E-state index < -0.39 is 0 Å². The molecule has 5 nitrogen and oxygen atoms in total. The maximum Gasteiger partial charge on any atom is 0.142 e. The second kappa shape index (κ2) is 8.16. The van der Waals surface area contributed by atoms with Crippen molar-refractivity contribution >= 4 is 11.3 Å². The summed E-state index contributed by atoms with van der Waals surface area (Å²) in [6.07, 6.45) is 2.44. The maximum absolute atomic E-state index is 5.81. The van der Waals surface area contributed by atoms with Gasteiger partial charge in [0.1, 0.15) is 5.01 Å². The molecular formula is C18H26N4OS. The fraction of sp³-hybridized carbons (Fsp3) is 0.556. The molecule has 3 heterocycles. The first-order valence-electron chi connectivity index (χ1n) is 8.58. The number of hydrogen-bond donors (Lipinski definition) is 1. The van der Waals surface area contributed by atoms with Gasteiger partial charge in [-0.05, 0) is 32.9 Å². The smallest absolute Gasteiger partial charge is 0.142 e. The summed E-state index contributed by atoms with van der Waals surface area (Å²) in [6.45, 7) is 10.3. The van der Waals surface area contributed by atoms with Gasteiger partial charge in [-0.15, -0.1) is 11.3 Å². The average Bonchev–Trinajstić information content (AvgIpc) is 3.03. The monoisotopic (exact) mass is 346 g/mol. The molecule has 0 bridgehead atoms. The van der Waals surface area contributed by atoms with Crippen LogP contribution in [0.3, 0.4) is 0 Å². The molecule has 3 rings (SSSR count). The van der Waals surface area contributed by atoms with Crippen molar-refractivity contribution in [1.82, 2.24) is 20.2 Å². The van der Waals surface area contributed by atoms with Crippen molar-refractivity contribution in [2.75, 3.05) is 19.6 Å². The van der Waals surface area contributed by atoms with Crippen molar-refractivity contribution in [3.63, 3.8) is 0 Å². The Kier molecular flexibility index (Phi) is 5.94. The van der Waals surface area contributed by atoms with Crippen LogP contribution in [-0.2, 0) is 11.3 Å². The maximum atomic E-state index is 5.81. The van der Waals surface area contributed by atoms with Crippen molar-refractivity contribution in [2.24, 2.45) is 0 Å². The predicted molar refractivity (Wildman–Crippen MR) is 98.1 cm³/mol. The van der Waals surface area contributed by atoms with Crippen molar-refractivity contribution in [3.8, 4) is 10.7 Å². The Labute approximate surface area is 148 Å². The van der Waals surface area contributed by atoms with Crippen LogP contribution in [0.5, 0.6) is 0 Å². The molecule has 3 atom stereocenters. The third kappa shape index (κ3) is 4.60. The first-order valence-corrected chi connectivity index (χ1v) is 9.46. The molecule has 1 saturated heterocycles. The van der Waals surface area contributed by atoms with Gasteiger partial charge < -0.3 is 10.1 Å². The summed E-state index contributed by atoms with van der Waals surface area (Å²) >= 11 is 1.65. The molecule has 24 heavy (non-hydrogen) atoms. The van der Waals surface area contributed by atoms with Gasteiger partial charge in [0.15, 0.2) is 0 Å². The Bertz CT molecular complexity index is 623. The van der Waals surface area contributed by atoms with E-state index in [-0.39, 0.29) is 0 Å². The van der Waals surface area contributed by atoms with Crippen LogP contribution in [0.1, 0.15) is 26.5 Å². The van der Waals surface area contributed by atoms with Crippen molar-refractivity contribution < 1.29 is 4.74 Å². The summed E-state index contributed by atoms with van der Waals surface area (Å²) in [5.74, 6) is 0. The summed E-state index contributed by atoms with van der Waals surface area (Å²) in [7, 11) is 0. The van der Waals surface area contributed by atoms with Gasteiger partial charge in [-0.1, -0.05) is 6.07 Å². The van der Waals surface area contributed by atoms with Crippen LogP contribution in [0.15, 0.2) is 29.8 Å². The molecule has 2 aromatic rings. The van der Waals surface area contributed by atoms with E-state index in [2.05, 4.69) is 46.3 Å². The SMILES string of the molecule is C[C@@H]1CN([C@@H](C)CNCc2csc(-c3ccccn3)n2)C[C@H](C)O1. The summed E-state index contributed by atoms with van der Waals surface area (Å²) in [5.41, 5.74) is 2.02. The van der Waals surface area contributed by atoms with E-state index in [1.807, 2.05) is 18.2 Å². The minimum Gasteiger partial charge on any atom is -0.373 e. The molecule has 0 aromatic carbocycles. The average molecular weight is 347 g/mol. The number of nitrogens with one attached hydrogen (secondary N) is 1. The standard InChI is InChI=1S/C18H26N4OS/c1-13(22-10-14(2)23-15(3)11-22)8-19-9-16-12-24-18(21-16)17-6-4-5-7-20-17/h4-7,12-15,19H,8-11H2,1-3H3/t13-,14-,15+/m0/s1. The number of rotatable bonds is 6. The zero-order chi connectivity index (χ0) is 16.9. The van der Waals surface area contributed by atoms with Crippen LogP contribution in [0, 0.1) is 0 Å².